The molecule has 0 fully saturated rings. The molecule has 114 valence electrons. The molecule has 0 aliphatic heterocycles. The summed E-state index contributed by atoms with van der Waals surface area (Å²) in [6.07, 6.45) is 2.56. The fraction of sp³-hybridized carbons (Fsp3) is 0.400. The number of anilines is 1. The predicted molar refractivity (Wildman–Crippen MR) is 82.4 cm³/mol. The molecule has 0 spiro atoms. The molecule has 1 aromatic carbocycles. The Morgan fingerprint density at radius 3 is 2.43 bits per heavy atom. The van der Waals surface area contributed by atoms with E-state index in [0.29, 0.717) is 12.3 Å². The third kappa shape index (κ3) is 7.10. The van der Waals surface area contributed by atoms with E-state index in [2.05, 4.69) is 15.8 Å². The van der Waals surface area contributed by atoms with Crippen LogP contribution in [0.2, 0.25) is 0 Å². The van der Waals surface area contributed by atoms with Gasteiger partial charge in [-0.2, -0.15) is 5.10 Å². The van der Waals surface area contributed by atoms with Gasteiger partial charge < -0.3 is 10.1 Å². The van der Waals surface area contributed by atoms with E-state index >= 15 is 0 Å². The highest BCUT2D eigenvalue weighted by molar-refractivity contribution is 5.93. The maximum Gasteiger partial charge on any atom is 0.240 e. The Bertz CT molecular complexity index is 483. The van der Waals surface area contributed by atoms with Crippen LogP contribution in [-0.2, 0) is 9.59 Å². The van der Waals surface area contributed by atoms with E-state index in [1.165, 1.54) is 0 Å². The lowest BCUT2D eigenvalue weighted by molar-refractivity contribution is -0.124. The minimum atomic E-state index is -0.276. The number of carbonyl (C=O) groups excluding carboxylic acids is 2. The lowest BCUT2D eigenvalue weighted by Gasteiger charge is -2.06. The number of amides is 2. The van der Waals surface area contributed by atoms with Gasteiger partial charge in [-0.3, -0.25) is 9.59 Å². The van der Waals surface area contributed by atoms with Gasteiger partial charge in [0, 0.05) is 24.7 Å². The first kappa shape index (κ1) is 16.7. The number of rotatable bonds is 8. The van der Waals surface area contributed by atoms with Crippen molar-refractivity contribution in [2.75, 3.05) is 11.9 Å². The SMILES string of the molecule is CC/C=N/NC(=O)CCC(=O)Nc1ccc(OCC)cc1. The Labute approximate surface area is 124 Å². The van der Waals surface area contributed by atoms with Crippen LogP contribution in [0.4, 0.5) is 5.69 Å². The quantitative estimate of drug-likeness (QED) is 0.570. The topological polar surface area (TPSA) is 79.8 Å². The minimum absolute atomic E-state index is 0.101. The highest BCUT2D eigenvalue weighted by atomic mass is 16.5. The van der Waals surface area contributed by atoms with Crippen molar-refractivity contribution in [3.8, 4) is 5.75 Å². The smallest absolute Gasteiger partial charge is 0.240 e. The van der Waals surface area contributed by atoms with Gasteiger partial charge in [0.15, 0.2) is 0 Å². The molecule has 6 nitrogen and oxygen atoms in total. The van der Waals surface area contributed by atoms with Crippen LogP contribution in [0.3, 0.4) is 0 Å². The molecule has 0 aromatic heterocycles. The first-order chi connectivity index (χ1) is 10.2. The summed E-state index contributed by atoms with van der Waals surface area (Å²) in [5, 5.41) is 6.43. The monoisotopic (exact) mass is 291 g/mol. The fourth-order valence-corrected chi connectivity index (χ4v) is 1.52. The van der Waals surface area contributed by atoms with Crippen LogP contribution in [0, 0.1) is 0 Å². The maximum absolute atomic E-state index is 11.7. The highest BCUT2D eigenvalue weighted by Gasteiger charge is 2.06. The van der Waals surface area contributed by atoms with Crippen LogP contribution < -0.4 is 15.5 Å². The average Bonchev–Trinajstić information content (AvgIpc) is 2.48. The molecule has 21 heavy (non-hydrogen) atoms. The molecule has 0 bridgehead atoms. The third-order valence-electron chi connectivity index (χ3n) is 2.49. The van der Waals surface area contributed by atoms with E-state index in [4.69, 9.17) is 4.74 Å². The molecule has 0 saturated heterocycles. The molecule has 0 radical (unpaired) electrons. The van der Waals surface area contributed by atoms with E-state index in [9.17, 15) is 9.59 Å². The van der Waals surface area contributed by atoms with Crippen molar-refractivity contribution in [1.82, 2.24) is 5.43 Å². The van der Waals surface area contributed by atoms with Gasteiger partial charge in [-0.1, -0.05) is 6.92 Å². The molecule has 1 rings (SSSR count). The van der Waals surface area contributed by atoms with Gasteiger partial charge >= 0.3 is 0 Å². The van der Waals surface area contributed by atoms with Crippen LogP contribution in [0.1, 0.15) is 33.1 Å². The predicted octanol–water partition coefficient (Wildman–Crippen LogP) is 2.32. The number of ether oxygens (including phenoxy) is 1. The van der Waals surface area contributed by atoms with Crippen molar-refractivity contribution in [1.29, 1.82) is 0 Å². The average molecular weight is 291 g/mol. The number of nitrogens with zero attached hydrogens (tertiary/aromatic N) is 1. The number of nitrogens with one attached hydrogen (secondary N) is 2. The second kappa shape index (κ2) is 9.52. The van der Waals surface area contributed by atoms with Gasteiger partial charge in [0.2, 0.25) is 11.8 Å². The van der Waals surface area contributed by atoms with Crippen LogP contribution in [0.15, 0.2) is 29.4 Å². The summed E-state index contributed by atoms with van der Waals surface area (Å²) in [6, 6.07) is 7.08. The summed E-state index contributed by atoms with van der Waals surface area (Å²) in [6.45, 7) is 4.42. The summed E-state index contributed by atoms with van der Waals surface area (Å²) in [5.74, 6) is 0.263. The Hall–Kier alpha value is -2.37. The molecular weight excluding hydrogens is 270 g/mol. The maximum atomic E-state index is 11.7. The molecule has 0 unspecified atom stereocenters. The van der Waals surface area contributed by atoms with Crippen molar-refractivity contribution in [2.45, 2.75) is 33.1 Å². The lowest BCUT2D eigenvalue weighted by atomic mass is 10.2. The van der Waals surface area contributed by atoms with Gasteiger partial charge in [0.05, 0.1) is 6.61 Å². The molecule has 6 heteroatoms. The van der Waals surface area contributed by atoms with Gasteiger partial charge in [-0.15, -0.1) is 0 Å². The summed E-state index contributed by atoms with van der Waals surface area (Å²) in [4.78, 5) is 23.1. The molecule has 0 heterocycles. The second-order valence-corrected chi connectivity index (χ2v) is 4.26. The molecule has 0 saturated carbocycles. The first-order valence-electron chi connectivity index (χ1n) is 6.98. The van der Waals surface area contributed by atoms with Gasteiger partial charge in [-0.25, -0.2) is 5.43 Å². The van der Waals surface area contributed by atoms with Gasteiger partial charge in [0.1, 0.15) is 5.75 Å². The standard InChI is InChI=1S/C15H21N3O3/c1-3-11-16-18-15(20)10-9-14(19)17-12-5-7-13(8-6-12)21-4-2/h5-8,11H,3-4,9-10H2,1-2H3,(H,17,19)(H,18,20)/b16-11+. The number of hydrogen-bond donors (Lipinski definition) is 2. The van der Waals surface area contributed by atoms with Crippen molar-refractivity contribution < 1.29 is 14.3 Å². The van der Waals surface area contributed by atoms with E-state index in [-0.39, 0.29) is 24.7 Å². The van der Waals surface area contributed by atoms with Crippen LogP contribution >= 0.6 is 0 Å². The van der Waals surface area contributed by atoms with Crippen molar-refractivity contribution in [3.05, 3.63) is 24.3 Å². The molecule has 0 aliphatic carbocycles. The first-order valence-corrected chi connectivity index (χ1v) is 6.98. The summed E-state index contributed by atoms with van der Waals surface area (Å²) < 4.78 is 5.31. The van der Waals surface area contributed by atoms with Crippen LogP contribution in [-0.4, -0.2) is 24.6 Å². The van der Waals surface area contributed by atoms with E-state index < -0.39 is 0 Å². The zero-order chi connectivity index (χ0) is 15.5. The molecular formula is C15H21N3O3. The lowest BCUT2D eigenvalue weighted by Crippen LogP contribution is -2.20. The third-order valence-corrected chi connectivity index (χ3v) is 2.49. The minimum Gasteiger partial charge on any atom is -0.494 e. The Morgan fingerprint density at radius 1 is 1.14 bits per heavy atom. The summed E-state index contributed by atoms with van der Waals surface area (Å²) in [7, 11) is 0. The Balaban J connectivity index is 2.33. The number of carbonyl (C=O) groups is 2. The normalized spacial score (nSPS) is 10.4. The van der Waals surface area contributed by atoms with Crippen molar-refractivity contribution in [2.24, 2.45) is 5.10 Å². The number of hydrazone groups is 1. The summed E-state index contributed by atoms with van der Waals surface area (Å²) in [5.41, 5.74) is 3.03. The Kier molecular flexibility index (Phi) is 7.56. The highest BCUT2D eigenvalue weighted by Crippen LogP contribution is 2.15. The number of hydrogen-bond acceptors (Lipinski definition) is 4. The van der Waals surface area contributed by atoms with E-state index in [0.717, 1.165) is 12.2 Å². The second-order valence-electron chi connectivity index (χ2n) is 4.26. The zero-order valence-electron chi connectivity index (χ0n) is 12.4. The van der Waals surface area contributed by atoms with Gasteiger partial charge in [0.25, 0.3) is 0 Å². The molecule has 0 atom stereocenters. The summed E-state index contributed by atoms with van der Waals surface area (Å²) >= 11 is 0. The largest absolute Gasteiger partial charge is 0.494 e. The van der Waals surface area contributed by atoms with Gasteiger partial charge in [-0.05, 0) is 37.6 Å². The van der Waals surface area contributed by atoms with Crippen molar-refractivity contribution in [3.63, 3.8) is 0 Å². The molecule has 2 N–H and O–H groups in total. The Morgan fingerprint density at radius 2 is 1.81 bits per heavy atom. The van der Waals surface area contributed by atoms with Crippen molar-refractivity contribution >= 4 is 23.7 Å². The fourth-order valence-electron chi connectivity index (χ4n) is 1.52. The molecule has 2 amide bonds. The zero-order valence-corrected chi connectivity index (χ0v) is 12.4. The molecule has 1 aromatic rings. The van der Waals surface area contributed by atoms with Crippen LogP contribution in [0.5, 0.6) is 5.75 Å². The van der Waals surface area contributed by atoms with Crippen LogP contribution in [0.25, 0.3) is 0 Å². The number of benzene rings is 1. The van der Waals surface area contributed by atoms with E-state index in [1.54, 1.807) is 30.5 Å². The molecule has 0 aliphatic rings. The van der Waals surface area contributed by atoms with E-state index in [1.807, 2.05) is 13.8 Å².